The van der Waals surface area contributed by atoms with Gasteiger partial charge in [-0.05, 0) is 0 Å². The molecule has 2 nitrogen and oxygen atoms in total. The second kappa shape index (κ2) is 1.10. The summed E-state index contributed by atoms with van der Waals surface area (Å²) in [7, 11) is -0.859. The van der Waals surface area contributed by atoms with Gasteiger partial charge in [0, 0.05) is 0 Å². The summed E-state index contributed by atoms with van der Waals surface area (Å²) in [6.07, 6.45) is 0. The maximum Gasteiger partial charge on any atom is 0.391 e. The number of hydrogen-bond donors (Lipinski definition) is 0. The Bertz CT molecular complexity index is 92.8. The van der Waals surface area contributed by atoms with Gasteiger partial charge in [0.15, 0.2) is 0 Å². The highest BCUT2D eigenvalue weighted by Gasteiger charge is 1.91. The quantitative estimate of drug-likeness (QED) is 0.433. The molecule has 0 N–H and O–H groups in total. The first-order valence-electron chi connectivity index (χ1n) is 0.642. The lowest BCUT2D eigenvalue weighted by Crippen LogP contribution is -1.66. The molecule has 5 heteroatoms. The van der Waals surface area contributed by atoms with Crippen LogP contribution in [0.1, 0.15) is 0 Å². The van der Waals surface area contributed by atoms with E-state index in [2.05, 4.69) is 10.7 Å². The van der Waals surface area contributed by atoms with Crippen LogP contribution < -0.4 is 0 Å². The van der Waals surface area contributed by atoms with E-state index in [0.717, 1.165) is 0 Å². The number of rotatable bonds is 0. The normalized spacial score (nSPS) is 11.6. The van der Waals surface area contributed by atoms with Gasteiger partial charge in [0.1, 0.15) is 0 Å². The third kappa shape index (κ3) is 679. The molecule has 0 aromatic heterocycles. The van der Waals surface area contributed by atoms with Crippen molar-refractivity contribution in [2.24, 2.45) is 0 Å². The van der Waals surface area contributed by atoms with Crippen molar-refractivity contribution in [2.75, 3.05) is 0 Å². The van der Waals surface area contributed by atoms with Gasteiger partial charge in [-0.1, -0.05) is 3.89 Å². The molecule has 0 radical (unpaired) electrons. The smallest absolute Gasteiger partial charge is 0.177 e. The molecule has 0 spiro atoms. The van der Waals surface area contributed by atoms with Crippen LogP contribution in [0.15, 0.2) is 0 Å². The highest BCUT2D eigenvalue weighted by molar-refractivity contribution is 8.09. The number of hydrogen-bond acceptors (Lipinski definition) is 2. The summed E-state index contributed by atoms with van der Waals surface area (Å²) >= 11 is 0. The first-order valence-corrected chi connectivity index (χ1v) is 2.85. The van der Waals surface area contributed by atoms with E-state index in [9.17, 15) is 3.89 Å². The molecule has 0 saturated carbocycles. The molecule has 0 aromatic carbocycles. The van der Waals surface area contributed by atoms with Crippen molar-refractivity contribution < 1.29 is 12.3 Å². The summed E-state index contributed by atoms with van der Waals surface area (Å²) < 4.78 is 27.9. The van der Waals surface area contributed by atoms with Crippen LogP contribution in [0.5, 0.6) is 0 Å². The summed E-state index contributed by atoms with van der Waals surface area (Å²) in [5, 5.41) is 0. The van der Waals surface area contributed by atoms with Gasteiger partial charge in [-0.15, -0.1) is 0 Å². The Balaban J connectivity index is 4.06. The molecule has 0 aliphatic heterocycles. The molecule has 0 fully saturated rings. The highest BCUT2D eigenvalue weighted by Crippen LogP contribution is 1.92. The van der Waals surface area contributed by atoms with Crippen LogP contribution >= 0.6 is 10.7 Å². The molecule has 0 aromatic rings. The summed E-state index contributed by atoms with van der Waals surface area (Å²) in [5.74, 6) is 0. The maximum atomic E-state index is 10.4. The molecular weight excluding hydrogens is 119 g/mol. The lowest BCUT2D eigenvalue weighted by Gasteiger charge is -1.59. The Morgan fingerprint density at radius 3 is 1.60 bits per heavy atom. The van der Waals surface area contributed by atoms with Crippen LogP contribution in [0, 0.1) is 0 Å². The fourth-order valence-corrected chi connectivity index (χ4v) is 0. The topological polar surface area (TPSA) is 34.1 Å². The van der Waals surface area contributed by atoms with Crippen molar-refractivity contribution in [3.63, 3.8) is 0 Å². The second-order valence-electron chi connectivity index (χ2n) is 0.378. The van der Waals surface area contributed by atoms with Gasteiger partial charge in [0.05, 0.1) is 10.7 Å². The fourth-order valence-electron chi connectivity index (χ4n) is 0. The van der Waals surface area contributed by atoms with Crippen LogP contribution in [0.25, 0.3) is 0 Å². The van der Waals surface area contributed by atoms with Crippen molar-refractivity contribution in [1.82, 2.24) is 0 Å². The maximum absolute atomic E-state index is 10.4. The van der Waals surface area contributed by atoms with Crippen molar-refractivity contribution in [2.45, 2.75) is 0 Å². The fraction of sp³-hybridized carbons (Fsp3) is 0. The van der Waals surface area contributed by atoms with E-state index in [1.165, 1.54) is 0 Å². The summed E-state index contributed by atoms with van der Waals surface area (Å²) in [5.41, 5.74) is 0. The van der Waals surface area contributed by atoms with Gasteiger partial charge in [-0.2, -0.15) is 8.42 Å². The molecule has 0 atom stereocenters. The third-order valence-electron chi connectivity index (χ3n) is 0. The van der Waals surface area contributed by atoms with Gasteiger partial charge < -0.3 is 0 Å². The predicted octanol–water partition coefficient (Wildman–Crippen LogP) is 0.440. The average molecular weight is 119 g/mol. The van der Waals surface area contributed by atoms with Crippen molar-refractivity contribution in [1.29, 1.82) is 0 Å². The standard InChI is InChI=1S/ClFO2S/c1-5(2,3)4. The van der Waals surface area contributed by atoms with E-state index >= 15 is 0 Å². The minimum absolute atomic E-state index is 3.84. The molecule has 0 bridgehead atoms. The van der Waals surface area contributed by atoms with E-state index < -0.39 is 9.44 Å². The van der Waals surface area contributed by atoms with E-state index in [-0.39, 0.29) is 0 Å². The molecule has 0 saturated heterocycles. The van der Waals surface area contributed by atoms with E-state index in [1.54, 1.807) is 0 Å². The minimum atomic E-state index is -4.69. The summed E-state index contributed by atoms with van der Waals surface area (Å²) in [6.45, 7) is 0. The lowest BCUT2D eigenvalue weighted by molar-refractivity contribution is 0.569. The van der Waals surface area contributed by atoms with Gasteiger partial charge in [-0.25, -0.2) is 0 Å². The van der Waals surface area contributed by atoms with Crippen LogP contribution in [0.3, 0.4) is 0 Å². The predicted molar refractivity (Wildman–Crippen MR) is 15.9 cm³/mol. The molecule has 32 valence electrons. The molecule has 5 heavy (non-hydrogen) atoms. The number of halogens is 2. The Morgan fingerprint density at radius 1 is 1.60 bits per heavy atom. The van der Waals surface area contributed by atoms with Crippen LogP contribution in [0.4, 0.5) is 3.89 Å². The van der Waals surface area contributed by atoms with Crippen LogP contribution in [0.2, 0.25) is 0 Å². The Labute approximate surface area is 33.3 Å². The second-order valence-corrected chi connectivity index (χ2v) is 2.24. The van der Waals surface area contributed by atoms with Gasteiger partial charge in [0.2, 0.25) is 0 Å². The Morgan fingerprint density at radius 2 is 1.60 bits per heavy atom. The zero-order valence-electron chi connectivity index (χ0n) is 1.98. The summed E-state index contributed by atoms with van der Waals surface area (Å²) in [4.78, 5) is 0. The van der Waals surface area contributed by atoms with Crippen LogP contribution in [-0.2, 0) is 9.44 Å². The molecule has 0 amide bonds. The Hall–Kier alpha value is 0.170. The Kier molecular flexibility index (Phi) is 1.14. The van der Waals surface area contributed by atoms with E-state index in [1.807, 2.05) is 0 Å². The van der Waals surface area contributed by atoms with E-state index in [0.29, 0.717) is 0 Å². The molecule has 0 rings (SSSR count). The zero-order chi connectivity index (χ0) is 4.50. The first-order chi connectivity index (χ1) is 2.00. The minimum Gasteiger partial charge on any atom is -0.177 e. The van der Waals surface area contributed by atoms with Crippen molar-refractivity contribution in [3.05, 3.63) is 0 Å². The highest BCUT2D eigenvalue weighted by atomic mass is 35.7. The van der Waals surface area contributed by atoms with Gasteiger partial charge in [0.25, 0.3) is 0 Å². The first kappa shape index (κ1) is 5.17. The molecule has 0 aliphatic carbocycles. The lowest BCUT2D eigenvalue weighted by atomic mass is 15.9. The van der Waals surface area contributed by atoms with Crippen molar-refractivity contribution >= 4 is 20.1 Å². The van der Waals surface area contributed by atoms with Gasteiger partial charge >= 0.3 is 9.44 Å². The molecule has 0 aliphatic rings. The van der Waals surface area contributed by atoms with Crippen LogP contribution in [-0.4, -0.2) is 8.42 Å². The zero-order valence-corrected chi connectivity index (χ0v) is 3.55. The molecule has 0 heterocycles. The molecular formula is ClFO2S. The SMILES string of the molecule is O=S(=O)(F)Cl. The monoisotopic (exact) mass is 118 g/mol. The molecule has 0 unspecified atom stereocenters. The average Bonchev–Trinajstić information content (AvgIpc) is 0.722. The largest absolute Gasteiger partial charge is 0.391 e. The third-order valence-corrected chi connectivity index (χ3v) is 0. The van der Waals surface area contributed by atoms with Crippen molar-refractivity contribution in [3.8, 4) is 0 Å². The van der Waals surface area contributed by atoms with E-state index in [4.69, 9.17) is 8.42 Å². The summed E-state index contributed by atoms with van der Waals surface area (Å²) in [6, 6.07) is 0. The van der Waals surface area contributed by atoms with Gasteiger partial charge in [-0.3, -0.25) is 0 Å².